The van der Waals surface area contributed by atoms with Gasteiger partial charge < -0.3 is 10.5 Å². The van der Waals surface area contributed by atoms with Crippen LogP contribution in [0.1, 0.15) is 32.6 Å². The van der Waals surface area contributed by atoms with Gasteiger partial charge in [-0.05, 0) is 38.0 Å². The molecule has 0 atom stereocenters. The minimum absolute atomic E-state index is 0.182. The second kappa shape index (κ2) is 6.45. The summed E-state index contributed by atoms with van der Waals surface area (Å²) >= 11 is 0. The predicted molar refractivity (Wildman–Crippen MR) is 79.3 cm³/mol. The fourth-order valence-corrected chi connectivity index (χ4v) is 4.11. The van der Waals surface area contributed by atoms with Gasteiger partial charge in [0.05, 0.1) is 6.61 Å². The van der Waals surface area contributed by atoms with Gasteiger partial charge >= 0.3 is 0 Å². The third-order valence-electron chi connectivity index (χ3n) is 3.45. The molecule has 0 aliphatic carbocycles. The fourth-order valence-electron chi connectivity index (χ4n) is 2.42. The van der Waals surface area contributed by atoms with Crippen molar-refractivity contribution in [3.05, 3.63) is 18.2 Å². The van der Waals surface area contributed by atoms with E-state index in [-0.39, 0.29) is 4.90 Å². The average Bonchev–Trinajstić information content (AvgIpc) is 2.70. The number of hydrogen-bond donors (Lipinski definition) is 1. The minimum Gasteiger partial charge on any atom is -0.492 e. The first-order valence-corrected chi connectivity index (χ1v) is 8.52. The Balaban J connectivity index is 2.39. The Morgan fingerprint density at radius 1 is 1.20 bits per heavy atom. The highest BCUT2D eigenvalue weighted by atomic mass is 32.2. The van der Waals surface area contributed by atoms with Crippen molar-refractivity contribution in [1.82, 2.24) is 4.31 Å². The van der Waals surface area contributed by atoms with E-state index in [0.29, 0.717) is 31.1 Å². The quantitative estimate of drug-likeness (QED) is 0.865. The van der Waals surface area contributed by atoms with Crippen LogP contribution in [0.2, 0.25) is 0 Å². The Morgan fingerprint density at radius 3 is 2.45 bits per heavy atom. The SMILES string of the molecule is CCOc1ccc(N)cc1S(=O)(=O)N1CCCCCC1. The molecule has 20 heavy (non-hydrogen) atoms. The molecule has 1 aromatic carbocycles. The lowest BCUT2D eigenvalue weighted by Gasteiger charge is -2.21. The molecule has 1 aliphatic heterocycles. The maximum Gasteiger partial charge on any atom is 0.246 e. The number of nitrogens with two attached hydrogens (primary N) is 1. The normalized spacial score (nSPS) is 17.6. The summed E-state index contributed by atoms with van der Waals surface area (Å²) in [5.74, 6) is 0.381. The molecule has 2 N–H and O–H groups in total. The lowest BCUT2D eigenvalue weighted by Crippen LogP contribution is -2.32. The van der Waals surface area contributed by atoms with Gasteiger partial charge in [-0.15, -0.1) is 0 Å². The third-order valence-corrected chi connectivity index (χ3v) is 5.37. The fraction of sp³-hybridized carbons (Fsp3) is 0.571. The van der Waals surface area contributed by atoms with E-state index in [1.807, 2.05) is 6.92 Å². The number of anilines is 1. The van der Waals surface area contributed by atoms with Crippen LogP contribution in [0.15, 0.2) is 23.1 Å². The topological polar surface area (TPSA) is 72.6 Å². The summed E-state index contributed by atoms with van der Waals surface area (Å²) < 4.78 is 32.5. The first-order valence-electron chi connectivity index (χ1n) is 7.08. The molecule has 6 heteroatoms. The molecule has 0 radical (unpaired) electrons. The Morgan fingerprint density at radius 2 is 1.85 bits per heavy atom. The van der Waals surface area contributed by atoms with Crippen LogP contribution in [0.3, 0.4) is 0 Å². The second-order valence-corrected chi connectivity index (χ2v) is 6.86. The van der Waals surface area contributed by atoms with Gasteiger partial charge in [0.15, 0.2) is 0 Å². The molecular formula is C14H22N2O3S. The van der Waals surface area contributed by atoms with Gasteiger partial charge in [0, 0.05) is 18.8 Å². The molecule has 1 saturated heterocycles. The molecular weight excluding hydrogens is 276 g/mol. The largest absolute Gasteiger partial charge is 0.492 e. The second-order valence-electron chi connectivity index (χ2n) is 4.96. The molecule has 0 aromatic heterocycles. The lowest BCUT2D eigenvalue weighted by atomic mass is 10.2. The van der Waals surface area contributed by atoms with E-state index in [1.165, 1.54) is 6.07 Å². The van der Waals surface area contributed by atoms with Crippen LogP contribution in [0.25, 0.3) is 0 Å². The molecule has 0 saturated carbocycles. The molecule has 1 aliphatic rings. The lowest BCUT2D eigenvalue weighted by molar-refractivity contribution is 0.329. The Bertz CT molecular complexity index is 550. The van der Waals surface area contributed by atoms with Crippen LogP contribution in [0.5, 0.6) is 5.75 Å². The molecule has 0 unspecified atom stereocenters. The zero-order valence-corrected chi connectivity index (χ0v) is 12.7. The summed E-state index contributed by atoms with van der Waals surface area (Å²) in [7, 11) is -3.53. The van der Waals surface area contributed by atoms with Crippen LogP contribution >= 0.6 is 0 Å². The maximum absolute atomic E-state index is 12.8. The van der Waals surface area contributed by atoms with Crippen molar-refractivity contribution in [2.75, 3.05) is 25.4 Å². The van der Waals surface area contributed by atoms with Crippen molar-refractivity contribution in [3.63, 3.8) is 0 Å². The minimum atomic E-state index is -3.53. The van der Waals surface area contributed by atoms with E-state index in [1.54, 1.807) is 16.4 Å². The van der Waals surface area contributed by atoms with Crippen LogP contribution in [0.4, 0.5) is 5.69 Å². The Hall–Kier alpha value is -1.27. The number of hydrogen-bond acceptors (Lipinski definition) is 4. The molecule has 1 fully saturated rings. The average molecular weight is 298 g/mol. The molecule has 5 nitrogen and oxygen atoms in total. The smallest absolute Gasteiger partial charge is 0.246 e. The summed E-state index contributed by atoms with van der Waals surface area (Å²) in [5, 5.41) is 0. The molecule has 1 aromatic rings. The molecule has 0 amide bonds. The van der Waals surface area contributed by atoms with E-state index in [2.05, 4.69) is 0 Å². The van der Waals surface area contributed by atoms with Crippen molar-refractivity contribution in [3.8, 4) is 5.75 Å². The van der Waals surface area contributed by atoms with Gasteiger partial charge in [0.2, 0.25) is 10.0 Å². The van der Waals surface area contributed by atoms with Crippen molar-refractivity contribution in [2.45, 2.75) is 37.5 Å². The Labute approximate surface area is 120 Å². The third kappa shape index (κ3) is 3.24. The monoisotopic (exact) mass is 298 g/mol. The highest BCUT2D eigenvalue weighted by Crippen LogP contribution is 2.30. The zero-order valence-electron chi connectivity index (χ0n) is 11.8. The van der Waals surface area contributed by atoms with Gasteiger partial charge in [0.25, 0.3) is 0 Å². The van der Waals surface area contributed by atoms with Crippen LogP contribution < -0.4 is 10.5 Å². The summed E-state index contributed by atoms with van der Waals surface area (Å²) in [6.45, 7) is 3.40. The van der Waals surface area contributed by atoms with E-state index in [9.17, 15) is 8.42 Å². The molecule has 0 bridgehead atoms. The molecule has 1 heterocycles. The predicted octanol–water partition coefficient (Wildman–Crippen LogP) is 2.23. The van der Waals surface area contributed by atoms with Gasteiger partial charge in [-0.1, -0.05) is 12.8 Å². The number of nitrogen functional groups attached to an aromatic ring is 1. The van der Waals surface area contributed by atoms with E-state index in [4.69, 9.17) is 10.5 Å². The van der Waals surface area contributed by atoms with Crippen molar-refractivity contribution in [1.29, 1.82) is 0 Å². The Kier molecular flexibility index (Phi) is 4.88. The van der Waals surface area contributed by atoms with Crippen molar-refractivity contribution in [2.24, 2.45) is 0 Å². The highest BCUT2D eigenvalue weighted by molar-refractivity contribution is 7.89. The van der Waals surface area contributed by atoms with Gasteiger partial charge in [0.1, 0.15) is 10.6 Å². The van der Waals surface area contributed by atoms with E-state index in [0.717, 1.165) is 25.7 Å². The van der Waals surface area contributed by atoms with Gasteiger partial charge in [-0.3, -0.25) is 0 Å². The first kappa shape index (κ1) is 15.1. The van der Waals surface area contributed by atoms with E-state index >= 15 is 0 Å². The number of nitrogens with zero attached hydrogens (tertiary/aromatic N) is 1. The number of ether oxygens (including phenoxy) is 1. The highest BCUT2D eigenvalue weighted by Gasteiger charge is 2.28. The first-order chi connectivity index (χ1) is 9.55. The zero-order chi connectivity index (χ0) is 14.6. The standard InChI is InChI=1S/C14H22N2O3S/c1-2-19-13-8-7-12(15)11-14(13)20(17,18)16-9-5-3-4-6-10-16/h7-8,11H,2-6,9-10,15H2,1H3. The number of sulfonamides is 1. The molecule has 112 valence electrons. The maximum atomic E-state index is 12.8. The van der Waals surface area contributed by atoms with Crippen molar-refractivity contribution >= 4 is 15.7 Å². The summed E-state index contributed by atoms with van der Waals surface area (Å²) in [6.07, 6.45) is 3.99. The van der Waals surface area contributed by atoms with Crippen LogP contribution in [-0.2, 0) is 10.0 Å². The summed E-state index contributed by atoms with van der Waals surface area (Å²) in [5.41, 5.74) is 6.17. The molecule has 0 spiro atoms. The van der Waals surface area contributed by atoms with Crippen LogP contribution in [-0.4, -0.2) is 32.4 Å². The van der Waals surface area contributed by atoms with Crippen LogP contribution in [0, 0.1) is 0 Å². The van der Waals surface area contributed by atoms with E-state index < -0.39 is 10.0 Å². The summed E-state index contributed by atoms with van der Waals surface area (Å²) in [4.78, 5) is 0.182. The molecule has 2 rings (SSSR count). The summed E-state index contributed by atoms with van der Waals surface area (Å²) in [6, 6.07) is 4.78. The number of rotatable bonds is 4. The van der Waals surface area contributed by atoms with Gasteiger partial charge in [-0.2, -0.15) is 4.31 Å². The number of benzene rings is 1. The van der Waals surface area contributed by atoms with Crippen molar-refractivity contribution < 1.29 is 13.2 Å². The van der Waals surface area contributed by atoms with Gasteiger partial charge in [-0.25, -0.2) is 8.42 Å².